The number of para-hydroxylation sites is 1. The molecule has 0 radical (unpaired) electrons. The van der Waals surface area contributed by atoms with E-state index in [2.05, 4.69) is 22.1 Å². The van der Waals surface area contributed by atoms with Gasteiger partial charge < -0.3 is 10.1 Å². The fraction of sp³-hybridized carbons (Fsp3) is 0. The van der Waals surface area contributed by atoms with Crippen LogP contribution in [0, 0.1) is 11.3 Å². The van der Waals surface area contributed by atoms with Crippen molar-refractivity contribution in [3.8, 4) is 23.4 Å². The Kier molecular flexibility index (Phi) is 5.64. The number of nitrogens with zero attached hydrogens (tertiary/aromatic N) is 5. The Bertz CT molecular complexity index is 1360. The van der Waals surface area contributed by atoms with E-state index >= 15 is 0 Å². The molecule has 0 spiro atoms. The molecule has 1 aliphatic heterocycles. The average molecular weight is 467 g/mol. The van der Waals surface area contributed by atoms with Crippen LogP contribution in [0.5, 0.6) is 11.6 Å². The number of rotatable bonds is 4. The fourth-order valence-corrected chi connectivity index (χ4v) is 3.34. The molecule has 0 bridgehead atoms. The molecule has 0 saturated carbocycles. The maximum atomic E-state index is 12.2. The van der Waals surface area contributed by atoms with Gasteiger partial charge >= 0.3 is 6.03 Å². The van der Waals surface area contributed by atoms with E-state index in [0.29, 0.717) is 5.69 Å². The lowest BCUT2D eigenvalue weighted by Crippen LogP contribution is -2.42. The lowest BCUT2D eigenvalue weighted by molar-refractivity contribution is 0.248. The summed E-state index contributed by atoms with van der Waals surface area (Å²) in [5.74, 6) is 0.135. The minimum absolute atomic E-state index is 0.0534. The van der Waals surface area contributed by atoms with Crippen LogP contribution in [0.15, 0.2) is 76.8 Å². The van der Waals surface area contributed by atoms with Crippen LogP contribution in [0.1, 0.15) is 0 Å². The van der Waals surface area contributed by atoms with Gasteiger partial charge in [-0.25, -0.2) is 4.79 Å². The highest BCUT2D eigenvalue weighted by Crippen LogP contribution is 2.39. The van der Waals surface area contributed by atoms with Gasteiger partial charge in [0.25, 0.3) is 5.56 Å². The molecule has 4 rings (SSSR count). The number of ether oxygens (including phenoxy) is 1. The van der Waals surface area contributed by atoms with E-state index in [9.17, 15) is 9.59 Å². The Hall–Kier alpha value is -4.13. The number of carbonyl (C=O) groups is 1. The summed E-state index contributed by atoms with van der Waals surface area (Å²) in [6.45, 7) is 3.56. The van der Waals surface area contributed by atoms with Crippen molar-refractivity contribution in [2.24, 2.45) is 5.10 Å². The van der Waals surface area contributed by atoms with Crippen molar-refractivity contribution in [2.75, 3.05) is 5.01 Å². The van der Waals surface area contributed by atoms with E-state index in [0.717, 1.165) is 5.01 Å². The number of halogens is 2. The molecule has 0 atom stereocenters. The van der Waals surface area contributed by atoms with E-state index in [1.807, 2.05) is 12.1 Å². The highest BCUT2D eigenvalue weighted by atomic mass is 35.5. The van der Waals surface area contributed by atoms with Gasteiger partial charge in [0.05, 0.1) is 27.1 Å². The predicted molar refractivity (Wildman–Crippen MR) is 120 cm³/mol. The van der Waals surface area contributed by atoms with Crippen LogP contribution in [0.3, 0.4) is 0 Å². The minimum atomic E-state index is -0.633. The lowest BCUT2D eigenvalue weighted by atomic mass is 10.2. The van der Waals surface area contributed by atoms with Gasteiger partial charge in [-0.1, -0.05) is 48.0 Å². The van der Waals surface area contributed by atoms with Crippen molar-refractivity contribution in [3.05, 3.63) is 87.3 Å². The third-order valence-corrected chi connectivity index (χ3v) is 4.81. The Labute approximate surface area is 191 Å². The highest BCUT2D eigenvalue weighted by molar-refractivity contribution is 6.37. The van der Waals surface area contributed by atoms with Crippen molar-refractivity contribution < 1.29 is 9.53 Å². The second kappa shape index (κ2) is 8.55. The summed E-state index contributed by atoms with van der Waals surface area (Å²) in [5.41, 5.74) is 0.432. The number of nitrogens with one attached hydrogen (secondary N) is 1. The highest BCUT2D eigenvalue weighted by Gasteiger charge is 2.26. The first-order valence-electron chi connectivity index (χ1n) is 8.99. The number of benzene rings is 2. The third kappa shape index (κ3) is 4.05. The average Bonchev–Trinajstić information content (AvgIpc) is 2.78. The molecule has 11 heteroatoms. The van der Waals surface area contributed by atoms with Crippen LogP contribution < -0.4 is 20.6 Å². The van der Waals surface area contributed by atoms with Crippen LogP contribution >= 0.6 is 23.2 Å². The molecule has 1 aromatic heterocycles. The largest absolute Gasteiger partial charge is 0.434 e. The summed E-state index contributed by atoms with van der Waals surface area (Å²) in [5, 5.41) is 20.7. The molecule has 2 heterocycles. The van der Waals surface area contributed by atoms with Gasteiger partial charge in [-0.15, -0.1) is 5.10 Å². The molecule has 0 saturated heterocycles. The second-order valence-electron chi connectivity index (χ2n) is 6.38. The summed E-state index contributed by atoms with van der Waals surface area (Å²) >= 11 is 12.7. The summed E-state index contributed by atoms with van der Waals surface area (Å²) in [6.07, 6.45) is 0. The monoisotopic (exact) mass is 466 g/mol. The zero-order valence-corrected chi connectivity index (χ0v) is 17.6. The van der Waals surface area contributed by atoms with Crippen LogP contribution in [0.4, 0.5) is 10.5 Å². The summed E-state index contributed by atoms with van der Waals surface area (Å²) in [4.78, 5) is 24.4. The number of hydrogen-bond donors (Lipinski definition) is 1. The Morgan fingerprint density at radius 2 is 1.72 bits per heavy atom. The molecule has 9 nitrogen and oxygen atoms in total. The maximum absolute atomic E-state index is 12.2. The fourth-order valence-electron chi connectivity index (χ4n) is 2.79. The van der Waals surface area contributed by atoms with Crippen LogP contribution in [-0.2, 0) is 0 Å². The Morgan fingerprint density at radius 1 is 1.03 bits per heavy atom. The molecular weight excluding hydrogens is 455 g/mol. The van der Waals surface area contributed by atoms with Crippen molar-refractivity contribution in [1.82, 2.24) is 15.1 Å². The third-order valence-electron chi connectivity index (χ3n) is 4.25. The van der Waals surface area contributed by atoms with Gasteiger partial charge in [0, 0.05) is 12.1 Å². The minimum Gasteiger partial charge on any atom is -0.434 e. The van der Waals surface area contributed by atoms with E-state index < -0.39 is 6.03 Å². The summed E-state index contributed by atoms with van der Waals surface area (Å²) in [7, 11) is 0. The lowest BCUT2D eigenvalue weighted by Gasteiger charge is -2.24. The molecule has 0 aliphatic carbocycles. The number of allylic oxidation sites excluding steroid dienone is 1. The van der Waals surface area contributed by atoms with Crippen molar-refractivity contribution >= 4 is 40.6 Å². The van der Waals surface area contributed by atoms with Gasteiger partial charge in [-0.3, -0.25) is 4.79 Å². The number of hydrazone groups is 1. The van der Waals surface area contributed by atoms with Crippen molar-refractivity contribution in [3.63, 3.8) is 0 Å². The molecule has 1 aliphatic rings. The molecule has 1 N–H and O–H groups in total. The van der Waals surface area contributed by atoms with Crippen molar-refractivity contribution in [1.29, 1.82) is 5.26 Å². The smallest absolute Gasteiger partial charge is 0.347 e. The molecule has 3 aromatic rings. The first-order chi connectivity index (χ1) is 15.4. The second-order valence-corrected chi connectivity index (χ2v) is 7.19. The number of aromatic nitrogens is 2. The molecule has 0 fully saturated rings. The number of nitriles is 1. The van der Waals surface area contributed by atoms with Gasteiger partial charge in [0.1, 0.15) is 6.07 Å². The number of anilines is 1. The van der Waals surface area contributed by atoms with E-state index in [1.54, 1.807) is 24.3 Å². The van der Waals surface area contributed by atoms with E-state index in [1.165, 1.54) is 28.9 Å². The quantitative estimate of drug-likeness (QED) is 0.617. The molecule has 158 valence electrons. The number of hydrogen-bond acceptors (Lipinski definition) is 6. The SMILES string of the molecule is C=C1NC(=O)N(c2cc(Cl)c(Oc3ccc(=O)n(-c4ccccc4)n3)c(Cl)c2)N=C1C#N. The summed E-state index contributed by atoms with van der Waals surface area (Å²) < 4.78 is 6.90. The van der Waals surface area contributed by atoms with Gasteiger partial charge in [-0.2, -0.15) is 20.1 Å². The standard InChI is InChI=1S/C21H12Cl2N6O3/c1-12-17(11-24)26-29(21(31)25-12)14-9-15(22)20(16(23)10-14)32-18-7-8-19(30)28(27-18)13-5-3-2-4-6-13/h2-10H,1H2,(H,25,31). The van der Waals surface area contributed by atoms with Crippen LogP contribution in [-0.4, -0.2) is 21.5 Å². The number of amides is 2. The Morgan fingerprint density at radius 3 is 2.38 bits per heavy atom. The maximum Gasteiger partial charge on any atom is 0.347 e. The van der Waals surface area contributed by atoms with Crippen LogP contribution in [0.2, 0.25) is 10.0 Å². The topological polar surface area (TPSA) is 113 Å². The Balaban J connectivity index is 1.68. The first-order valence-corrected chi connectivity index (χ1v) is 9.75. The normalized spacial score (nSPS) is 13.3. The van der Waals surface area contributed by atoms with Crippen LogP contribution in [0.25, 0.3) is 5.69 Å². The van der Waals surface area contributed by atoms with E-state index in [-0.39, 0.29) is 44.3 Å². The zero-order valence-electron chi connectivity index (χ0n) is 16.1. The number of urea groups is 1. The first kappa shape index (κ1) is 21.1. The summed E-state index contributed by atoms with van der Waals surface area (Å²) in [6, 6.07) is 15.5. The van der Waals surface area contributed by atoms with E-state index in [4.69, 9.17) is 33.2 Å². The van der Waals surface area contributed by atoms with Crippen molar-refractivity contribution in [2.45, 2.75) is 0 Å². The molecule has 2 aromatic carbocycles. The number of carbonyl (C=O) groups excluding carboxylic acids is 1. The molecule has 0 unspecified atom stereocenters. The molecule has 2 amide bonds. The molecule has 32 heavy (non-hydrogen) atoms. The molecular formula is C21H12Cl2N6O3. The van der Waals surface area contributed by atoms with Gasteiger partial charge in [0.15, 0.2) is 11.5 Å². The van der Waals surface area contributed by atoms with Gasteiger partial charge in [0.2, 0.25) is 5.88 Å². The zero-order chi connectivity index (χ0) is 22.8. The predicted octanol–water partition coefficient (Wildman–Crippen LogP) is 4.25. The van der Waals surface area contributed by atoms with Gasteiger partial charge in [-0.05, 0) is 24.3 Å².